The molecule has 1 aromatic rings. The monoisotopic (exact) mass is 260 g/mol. The predicted molar refractivity (Wildman–Crippen MR) is 76.5 cm³/mol. The van der Waals surface area contributed by atoms with Gasteiger partial charge in [-0.2, -0.15) is 0 Å². The summed E-state index contributed by atoms with van der Waals surface area (Å²) in [5.74, 6) is -0.0770. The fourth-order valence-electron chi connectivity index (χ4n) is 2.12. The second kappa shape index (κ2) is 5.89. The molecule has 0 aromatic heterocycles. The minimum absolute atomic E-state index is 0.0770. The Morgan fingerprint density at radius 2 is 2.16 bits per heavy atom. The molecule has 1 aliphatic rings. The molecule has 0 aliphatic carbocycles. The van der Waals surface area contributed by atoms with E-state index in [1.54, 1.807) is 12.2 Å². The number of ether oxygens (including phenoxy) is 1. The minimum Gasteiger partial charge on any atom is -0.399 e. The molecule has 0 spiro atoms. The van der Waals surface area contributed by atoms with Crippen molar-refractivity contribution < 1.29 is 9.53 Å². The van der Waals surface area contributed by atoms with Crippen molar-refractivity contribution in [3.63, 3.8) is 0 Å². The van der Waals surface area contributed by atoms with Gasteiger partial charge < -0.3 is 15.8 Å². The molecule has 4 nitrogen and oxygen atoms in total. The maximum Gasteiger partial charge on any atom is 0.244 e. The first kappa shape index (κ1) is 13.6. The van der Waals surface area contributed by atoms with Crippen LogP contribution >= 0.6 is 0 Å². The third-order valence-corrected chi connectivity index (χ3v) is 3.36. The lowest BCUT2D eigenvalue weighted by atomic mass is 9.92. The second-order valence-electron chi connectivity index (χ2n) is 5.17. The van der Waals surface area contributed by atoms with Crippen molar-refractivity contribution in [1.29, 1.82) is 0 Å². The largest absolute Gasteiger partial charge is 0.399 e. The molecule has 1 fully saturated rings. The highest BCUT2D eigenvalue weighted by molar-refractivity contribution is 5.92. The quantitative estimate of drug-likeness (QED) is 0.645. The molecule has 1 saturated heterocycles. The van der Waals surface area contributed by atoms with E-state index in [9.17, 15) is 4.79 Å². The second-order valence-corrected chi connectivity index (χ2v) is 5.17. The molecule has 19 heavy (non-hydrogen) atoms. The van der Waals surface area contributed by atoms with E-state index in [1.807, 2.05) is 24.3 Å². The van der Waals surface area contributed by atoms with Crippen LogP contribution in [0.3, 0.4) is 0 Å². The van der Waals surface area contributed by atoms with E-state index >= 15 is 0 Å². The molecule has 0 saturated carbocycles. The summed E-state index contributed by atoms with van der Waals surface area (Å²) in [5, 5.41) is 3.04. The third-order valence-electron chi connectivity index (χ3n) is 3.36. The van der Waals surface area contributed by atoms with E-state index in [0.717, 1.165) is 18.4 Å². The van der Waals surface area contributed by atoms with Crippen LogP contribution in [0.15, 0.2) is 30.3 Å². The number of hydrogen-bond donors (Lipinski definition) is 2. The molecule has 1 aliphatic heterocycles. The lowest BCUT2D eigenvalue weighted by Gasteiger charge is -2.34. The Hall–Kier alpha value is -1.81. The molecule has 102 valence electrons. The van der Waals surface area contributed by atoms with E-state index in [-0.39, 0.29) is 11.4 Å². The molecule has 2 rings (SSSR count). The van der Waals surface area contributed by atoms with Gasteiger partial charge in [-0.3, -0.25) is 4.79 Å². The van der Waals surface area contributed by atoms with Gasteiger partial charge in [0.05, 0.1) is 0 Å². The molecular formula is C15H20N2O2. The minimum atomic E-state index is -0.157. The number of hydrogen-bond acceptors (Lipinski definition) is 3. The number of amides is 1. The van der Waals surface area contributed by atoms with Crippen molar-refractivity contribution in [2.45, 2.75) is 25.3 Å². The zero-order valence-corrected chi connectivity index (χ0v) is 11.2. The summed E-state index contributed by atoms with van der Waals surface area (Å²) in [6, 6.07) is 7.43. The van der Waals surface area contributed by atoms with Gasteiger partial charge in [0.2, 0.25) is 5.91 Å². The summed E-state index contributed by atoms with van der Waals surface area (Å²) in [4.78, 5) is 11.9. The number of anilines is 1. The van der Waals surface area contributed by atoms with Crippen LogP contribution in [0.25, 0.3) is 6.08 Å². The van der Waals surface area contributed by atoms with Crippen LogP contribution in [0.2, 0.25) is 0 Å². The molecule has 1 aromatic carbocycles. The zero-order chi connectivity index (χ0) is 13.7. The van der Waals surface area contributed by atoms with Gasteiger partial charge in [0.15, 0.2) is 0 Å². The van der Waals surface area contributed by atoms with Gasteiger partial charge in [0.25, 0.3) is 0 Å². The molecular weight excluding hydrogens is 240 g/mol. The maximum absolute atomic E-state index is 11.9. The first-order valence-corrected chi connectivity index (χ1v) is 6.51. The highest BCUT2D eigenvalue weighted by Gasteiger charge is 2.28. The number of carbonyl (C=O) groups excluding carboxylic acids is 1. The summed E-state index contributed by atoms with van der Waals surface area (Å²) >= 11 is 0. The van der Waals surface area contributed by atoms with Gasteiger partial charge in [-0.15, -0.1) is 0 Å². The number of nitrogen functional groups attached to an aromatic ring is 1. The predicted octanol–water partition coefficient (Wildman–Crippen LogP) is 1.97. The number of nitrogens with one attached hydrogen (secondary N) is 1. The normalized spacial score (nSPS) is 18.4. The van der Waals surface area contributed by atoms with Gasteiger partial charge in [-0.25, -0.2) is 0 Å². The summed E-state index contributed by atoms with van der Waals surface area (Å²) < 4.78 is 5.31. The Kier molecular flexibility index (Phi) is 4.22. The van der Waals surface area contributed by atoms with Gasteiger partial charge in [-0.05, 0) is 43.5 Å². The average molecular weight is 260 g/mol. The van der Waals surface area contributed by atoms with Crippen molar-refractivity contribution in [2.24, 2.45) is 0 Å². The van der Waals surface area contributed by atoms with Crippen LogP contribution in [0.4, 0.5) is 5.69 Å². The van der Waals surface area contributed by atoms with Crippen LogP contribution in [0.1, 0.15) is 25.3 Å². The van der Waals surface area contributed by atoms with E-state index in [0.29, 0.717) is 18.9 Å². The summed E-state index contributed by atoms with van der Waals surface area (Å²) in [7, 11) is 0. The third kappa shape index (κ3) is 4.10. The standard InChI is InChI=1S/C15H20N2O2/c1-15(7-9-19-10-8-15)17-14(18)6-5-12-3-2-4-13(16)11-12/h2-6,11H,7-10,16H2,1H3,(H,17,18)/b6-5+. The molecule has 1 heterocycles. The van der Waals surface area contributed by atoms with Crippen LogP contribution in [0.5, 0.6) is 0 Å². The molecule has 0 atom stereocenters. The summed E-state index contributed by atoms with van der Waals surface area (Å²) in [6.45, 7) is 3.47. The van der Waals surface area contributed by atoms with Gasteiger partial charge in [-0.1, -0.05) is 12.1 Å². The highest BCUT2D eigenvalue weighted by Crippen LogP contribution is 2.19. The van der Waals surface area contributed by atoms with Crippen LogP contribution in [0, 0.1) is 0 Å². The van der Waals surface area contributed by atoms with Crippen LogP contribution in [-0.4, -0.2) is 24.7 Å². The summed E-state index contributed by atoms with van der Waals surface area (Å²) in [6.07, 6.45) is 5.03. The van der Waals surface area contributed by atoms with E-state index < -0.39 is 0 Å². The molecule has 0 bridgehead atoms. The van der Waals surface area contributed by atoms with Gasteiger partial charge in [0.1, 0.15) is 0 Å². The Bertz CT molecular complexity index is 477. The smallest absolute Gasteiger partial charge is 0.244 e. The molecule has 1 amide bonds. The maximum atomic E-state index is 11.9. The number of nitrogens with two attached hydrogens (primary N) is 1. The van der Waals surface area contributed by atoms with Gasteiger partial charge in [0, 0.05) is 30.5 Å². The van der Waals surface area contributed by atoms with Crippen molar-refractivity contribution in [2.75, 3.05) is 18.9 Å². The highest BCUT2D eigenvalue weighted by atomic mass is 16.5. The zero-order valence-electron chi connectivity index (χ0n) is 11.2. The van der Waals surface area contributed by atoms with E-state index in [2.05, 4.69) is 12.2 Å². The van der Waals surface area contributed by atoms with Crippen molar-refractivity contribution >= 4 is 17.7 Å². The SMILES string of the molecule is CC1(NC(=O)/C=C/c2cccc(N)c2)CCOCC1. The topological polar surface area (TPSA) is 64.4 Å². The van der Waals surface area contributed by atoms with Crippen molar-refractivity contribution in [1.82, 2.24) is 5.32 Å². The number of carbonyl (C=O) groups is 1. The Balaban J connectivity index is 1.93. The number of benzene rings is 1. The summed E-state index contributed by atoms with van der Waals surface area (Å²) in [5.41, 5.74) is 7.15. The molecule has 0 unspecified atom stereocenters. The Labute approximate surface area is 113 Å². The first-order valence-electron chi connectivity index (χ1n) is 6.51. The van der Waals surface area contributed by atoms with Crippen molar-refractivity contribution in [3.05, 3.63) is 35.9 Å². The van der Waals surface area contributed by atoms with E-state index in [1.165, 1.54) is 0 Å². The molecule has 4 heteroatoms. The van der Waals surface area contributed by atoms with Crippen molar-refractivity contribution in [3.8, 4) is 0 Å². The van der Waals surface area contributed by atoms with Crippen LogP contribution < -0.4 is 11.1 Å². The fraction of sp³-hybridized carbons (Fsp3) is 0.400. The molecule has 3 N–H and O–H groups in total. The molecule has 0 radical (unpaired) electrons. The Morgan fingerprint density at radius 1 is 1.42 bits per heavy atom. The fourth-order valence-corrected chi connectivity index (χ4v) is 2.12. The Morgan fingerprint density at radius 3 is 2.84 bits per heavy atom. The average Bonchev–Trinajstić information content (AvgIpc) is 2.37. The van der Waals surface area contributed by atoms with E-state index in [4.69, 9.17) is 10.5 Å². The first-order chi connectivity index (χ1) is 9.07. The van der Waals surface area contributed by atoms with Crippen LogP contribution in [-0.2, 0) is 9.53 Å². The lowest BCUT2D eigenvalue weighted by Crippen LogP contribution is -2.49. The lowest BCUT2D eigenvalue weighted by molar-refractivity contribution is -0.119. The number of rotatable bonds is 3. The van der Waals surface area contributed by atoms with Gasteiger partial charge >= 0.3 is 0 Å².